The third kappa shape index (κ3) is 6.29. The fourth-order valence-electron chi connectivity index (χ4n) is 3.14. The summed E-state index contributed by atoms with van der Waals surface area (Å²) in [5.41, 5.74) is 9.47. The third-order valence-corrected chi connectivity index (χ3v) is 4.44. The van der Waals surface area contributed by atoms with Crippen LogP contribution in [0.1, 0.15) is 34.3 Å². The van der Waals surface area contributed by atoms with Crippen molar-refractivity contribution < 1.29 is 4.79 Å². The molecule has 0 bridgehead atoms. The lowest BCUT2D eigenvalue weighted by Gasteiger charge is -2.15. The van der Waals surface area contributed by atoms with Crippen LogP contribution in [0, 0.1) is 0 Å². The molecular formula is C20H27Cl2N3O. The summed E-state index contributed by atoms with van der Waals surface area (Å²) in [5.74, 6) is -0.0763. The first-order valence-corrected chi connectivity index (χ1v) is 8.66. The maximum absolute atomic E-state index is 12.4. The summed E-state index contributed by atoms with van der Waals surface area (Å²) >= 11 is 0. The average Bonchev–Trinajstić information content (AvgIpc) is 3.09. The molecule has 1 amide bonds. The van der Waals surface area contributed by atoms with Crippen molar-refractivity contribution in [3.63, 3.8) is 0 Å². The molecule has 6 heteroatoms. The topological polar surface area (TPSA) is 58.4 Å². The van der Waals surface area contributed by atoms with Crippen LogP contribution in [-0.2, 0) is 13.0 Å². The van der Waals surface area contributed by atoms with Gasteiger partial charge in [0.2, 0.25) is 0 Å². The molecule has 0 saturated carbocycles. The molecule has 2 aromatic rings. The number of anilines is 1. The molecule has 2 aromatic carbocycles. The van der Waals surface area contributed by atoms with Gasteiger partial charge in [-0.25, -0.2) is 0 Å². The molecule has 1 aliphatic rings. The fraction of sp³-hybridized carbons (Fsp3) is 0.350. The number of nitrogens with one attached hydrogen (secondary N) is 1. The van der Waals surface area contributed by atoms with E-state index in [-0.39, 0.29) is 30.7 Å². The van der Waals surface area contributed by atoms with Crippen molar-refractivity contribution >= 4 is 36.4 Å². The number of halogens is 2. The van der Waals surface area contributed by atoms with Gasteiger partial charge in [-0.3, -0.25) is 9.69 Å². The van der Waals surface area contributed by atoms with Gasteiger partial charge in [0.05, 0.1) is 0 Å². The summed E-state index contributed by atoms with van der Waals surface area (Å²) in [6.07, 6.45) is 3.41. The molecule has 1 aliphatic heterocycles. The van der Waals surface area contributed by atoms with Crippen LogP contribution in [-0.4, -0.2) is 30.4 Å². The molecule has 1 saturated heterocycles. The zero-order valence-corrected chi connectivity index (χ0v) is 16.5. The summed E-state index contributed by atoms with van der Waals surface area (Å²) in [7, 11) is 0. The Morgan fingerprint density at radius 2 is 1.69 bits per heavy atom. The Labute approximate surface area is 168 Å². The highest BCUT2D eigenvalue weighted by Gasteiger charge is 2.12. The molecule has 0 spiro atoms. The van der Waals surface area contributed by atoms with Gasteiger partial charge in [0.15, 0.2) is 0 Å². The van der Waals surface area contributed by atoms with Crippen molar-refractivity contribution in [3.8, 4) is 0 Å². The Kier molecular flexibility index (Phi) is 9.66. The molecule has 3 rings (SSSR count). The predicted octanol–water partition coefficient (Wildman–Crippen LogP) is 3.88. The van der Waals surface area contributed by atoms with Crippen LogP contribution in [0.2, 0.25) is 0 Å². The first-order chi connectivity index (χ1) is 11.7. The maximum Gasteiger partial charge on any atom is 0.255 e. The zero-order valence-electron chi connectivity index (χ0n) is 14.8. The highest BCUT2D eigenvalue weighted by molar-refractivity contribution is 6.04. The van der Waals surface area contributed by atoms with E-state index >= 15 is 0 Å². The van der Waals surface area contributed by atoms with Crippen LogP contribution in [0.15, 0.2) is 48.5 Å². The number of hydrogen-bond acceptors (Lipinski definition) is 3. The number of carbonyl (C=O) groups is 1. The van der Waals surface area contributed by atoms with Crippen LogP contribution < -0.4 is 11.1 Å². The van der Waals surface area contributed by atoms with Gasteiger partial charge in [0.25, 0.3) is 5.91 Å². The van der Waals surface area contributed by atoms with Gasteiger partial charge >= 0.3 is 0 Å². The van der Waals surface area contributed by atoms with Gasteiger partial charge in [0.1, 0.15) is 0 Å². The molecule has 4 nitrogen and oxygen atoms in total. The van der Waals surface area contributed by atoms with E-state index in [0.717, 1.165) is 24.2 Å². The SMILES string of the molecule is Cl.Cl.NCCc1ccc(C(=O)Nc2cccc(CN3CCCC3)c2)cc1. The van der Waals surface area contributed by atoms with E-state index in [0.29, 0.717) is 12.1 Å². The van der Waals surface area contributed by atoms with E-state index in [2.05, 4.69) is 22.3 Å². The van der Waals surface area contributed by atoms with Crippen molar-refractivity contribution in [1.82, 2.24) is 4.90 Å². The molecule has 0 aromatic heterocycles. The Bertz CT molecular complexity index is 686. The second-order valence-electron chi connectivity index (χ2n) is 6.37. The maximum atomic E-state index is 12.4. The van der Waals surface area contributed by atoms with Gasteiger partial charge in [-0.1, -0.05) is 24.3 Å². The molecule has 26 heavy (non-hydrogen) atoms. The predicted molar refractivity (Wildman–Crippen MR) is 113 cm³/mol. The van der Waals surface area contributed by atoms with Gasteiger partial charge in [-0.05, 0) is 74.3 Å². The molecule has 0 radical (unpaired) electrons. The monoisotopic (exact) mass is 395 g/mol. The number of amides is 1. The van der Waals surface area contributed by atoms with Crippen LogP contribution >= 0.6 is 24.8 Å². The Hall–Kier alpha value is -1.59. The smallest absolute Gasteiger partial charge is 0.255 e. The average molecular weight is 396 g/mol. The molecule has 0 aliphatic carbocycles. The molecule has 3 N–H and O–H groups in total. The minimum atomic E-state index is -0.0763. The van der Waals surface area contributed by atoms with E-state index in [1.54, 1.807) is 0 Å². The van der Waals surface area contributed by atoms with Crippen molar-refractivity contribution in [2.24, 2.45) is 5.73 Å². The highest BCUT2D eigenvalue weighted by atomic mass is 35.5. The van der Waals surface area contributed by atoms with E-state index in [1.807, 2.05) is 36.4 Å². The number of hydrogen-bond donors (Lipinski definition) is 2. The van der Waals surface area contributed by atoms with E-state index in [1.165, 1.54) is 31.5 Å². The van der Waals surface area contributed by atoms with E-state index < -0.39 is 0 Å². The summed E-state index contributed by atoms with van der Waals surface area (Å²) in [6, 6.07) is 15.8. The summed E-state index contributed by atoms with van der Waals surface area (Å²) < 4.78 is 0. The molecule has 0 unspecified atom stereocenters. The Morgan fingerprint density at radius 1 is 1.00 bits per heavy atom. The minimum Gasteiger partial charge on any atom is -0.330 e. The van der Waals surface area contributed by atoms with E-state index in [4.69, 9.17) is 5.73 Å². The van der Waals surface area contributed by atoms with Gasteiger partial charge < -0.3 is 11.1 Å². The zero-order chi connectivity index (χ0) is 16.8. The first kappa shape index (κ1) is 22.5. The highest BCUT2D eigenvalue weighted by Crippen LogP contribution is 2.17. The summed E-state index contributed by atoms with van der Waals surface area (Å²) in [6.45, 7) is 3.92. The standard InChI is InChI=1S/C20H25N3O.2ClH/c21-11-10-16-6-8-18(9-7-16)20(24)22-19-5-3-4-17(14-19)15-23-12-1-2-13-23;;/h3-9,14H,1-2,10-13,15,21H2,(H,22,24);2*1H. The first-order valence-electron chi connectivity index (χ1n) is 8.66. The number of nitrogens with zero attached hydrogens (tertiary/aromatic N) is 1. The van der Waals surface area contributed by atoms with Crippen molar-refractivity contribution in [2.75, 3.05) is 25.0 Å². The van der Waals surface area contributed by atoms with Gasteiger partial charge in [-0.2, -0.15) is 0 Å². The molecule has 1 fully saturated rings. The number of likely N-dealkylation sites (tertiary alicyclic amines) is 1. The third-order valence-electron chi connectivity index (χ3n) is 4.44. The van der Waals surface area contributed by atoms with Crippen LogP contribution in [0.4, 0.5) is 5.69 Å². The Morgan fingerprint density at radius 3 is 2.35 bits per heavy atom. The molecule has 142 valence electrons. The fourth-order valence-corrected chi connectivity index (χ4v) is 3.14. The van der Waals surface area contributed by atoms with Crippen LogP contribution in [0.3, 0.4) is 0 Å². The van der Waals surface area contributed by atoms with Gasteiger partial charge in [0, 0.05) is 17.8 Å². The molecule has 1 heterocycles. The number of nitrogens with two attached hydrogens (primary N) is 1. The van der Waals surface area contributed by atoms with Crippen LogP contribution in [0.5, 0.6) is 0 Å². The van der Waals surface area contributed by atoms with Gasteiger partial charge in [-0.15, -0.1) is 24.8 Å². The lowest BCUT2D eigenvalue weighted by Crippen LogP contribution is -2.18. The summed E-state index contributed by atoms with van der Waals surface area (Å²) in [4.78, 5) is 14.8. The molecule has 0 atom stereocenters. The number of carbonyl (C=O) groups excluding carboxylic acids is 1. The summed E-state index contributed by atoms with van der Waals surface area (Å²) in [5, 5.41) is 2.99. The lowest BCUT2D eigenvalue weighted by atomic mass is 10.1. The second kappa shape index (κ2) is 11.2. The lowest BCUT2D eigenvalue weighted by molar-refractivity contribution is 0.102. The van der Waals surface area contributed by atoms with E-state index in [9.17, 15) is 4.79 Å². The van der Waals surface area contributed by atoms with Crippen molar-refractivity contribution in [3.05, 3.63) is 65.2 Å². The van der Waals surface area contributed by atoms with Crippen molar-refractivity contribution in [2.45, 2.75) is 25.8 Å². The quantitative estimate of drug-likeness (QED) is 0.779. The molecular weight excluding hydrogens is 369 g/mol. The second-order valence-corrected chi connectivity index (χ2v) is 6.37. The number of rotatable bonds is 6. The largest absolute Gasteiger partial charge is 0.330 e. The van der Waals surface area contributed by atoms with Crippen LogP contribution in [0.25, 0.3) is 0 Å². The number of benzene rings is 2. The van der Waals surface area contributed by atoms with Crippen molar-refractivity contribution in [1.29, 1.82) is 0 Å². The minimum absolute atomic E-state index is 0. The normalized spacial score (nSPS) is 13.6. The Balaban J connectivity index is 0.00000169.